The third kappa shape index (κ3) is 2.35. The van der Waals surface area contributed by atoms with E-state index in [1.165, 1.54) is 6.07 Å². The predicted molar refractivity (Wildman–Crippen MR) is 66.4 cm³/mol. The zero-order chi connectivity index (χ0) is 12.6. The van der Waals surface area contributed by atoms with Crippen molar-refractivity contribution in [1.29, 1.82) is 0 Å². The molecule has 1 saturated heterocycles. The Kier molecular flexibility index (Phi) is 2.99. The molecule has 98 valence electrons. The van der Waals surface area contributed by atoms with Crippen LogP contribution in [0.1, 0.15) is 18.9 Å². The lowest BCUT2D eigenvalue weighted by atomic mass is 10.0. The molecule has 3 nitrogen and oxygen atoms in total. The topological polar surface area (TPSA) is 30.5 Å². The fraction of sp³-hybridized carbons (Fsp3) is 0.571. The second kappa shape index (κ2) is 4.52. The first-order valence-electron chi connectivity index (χ1n) is 6.42. The van der Waals surface area contributed by atoms with E-state index in [0.29, 0.717) is 0 Å². The first-order chi connectivity index (χ1) is 8.65. The number of benzene rings is 1. The van der Waals surface area contributed by atoms with Crippen LogP contribution in [0.3, 0.4) is 0 Å². The van der Waals surface area contributed by atoms with Crippen LogP contribution in [0, 0.1) is 5.82 Å². The van der Waals surface area contributed by atoms with Gasteiger partial charge < -0.3 is 14.8 Å². The molecule has 2 atom stereocenters. The fourth-order valence-corrected chi connectivity index (χ4v) is 2.57. The molecule has 1 aromatic carbocycles. The lowest BCUT2D eigenvalue weighted by Gasteiger charge is -2.25. The Morgan fingerprint density at radius 3 is 3.17 bits per heavy atom. The van der Waals surface area contributed by atoms with Crippen molar-refractivity contribution in [2.75, 3.05) is 19.8 Å². The maximum Gasteiger partial charge on any atom is 0.123 e. The van der Waals surface area contributed by atoms with Gasteiger partial charge in [0.05, 0.1) is 6.61 Å². The second-order valence-corrected chi connectivity index (χ2v) is 5.44. The summed E-state index contributed by atoms with van der Waals surface area (Å²) in [5, 5.41) is 3.51. The van der Waals surface area contributed by atoms with E-state index in [1.54, 1.807) is 12.1 Å². The zero-order valence-corrected chi connectivity index (χ0v) is 10.5. The molecular formula is C14H18FNO2. The Morgan fingerprint density at radius 2 is 2.39 bits per heavy atom. The monoisotopic (exact) mass is 251 g/mol. The number of fused-ring (bicyclic) bond motifs is 1. The first kappa shape index (κ1) is 11.9. The van der Waals surface area contributed by atoms with Gasteiger partial charge in [-0.25, -0.2) is 4.39 Å². The van der Waals surface area contributed by atoms with Gasteiger partial charge in [0.15, 0.2) is 0 Å². The summed E-state index contributed by atoms with van der Waals surface area (Å²) in [6.45, 7) is 4.51. The fourth-order valence-electron chi connectivity index (χ4n) is 2.57. The average molecular weight is 251 g/mol. The van der Waals surface area contributed by atoms with E-state index < -0.39 is 0 Å². The first-order valence-corrected chi connectivity index (χ1v) is 6.42. The van der Waals surface area contributed by atoms with Gasteiger partial charge in [-0.15, -0.1) is 0 Å². The van der Waals surface area contributed by atoms with Crippen LogP contribution in [0.15, 0.2) is 18.2 Å². The number of rotatable bonds is 3. The summed E-state index contributed by atoms with van der Waals surface area (Å²) >= 11 is 0. The molecule has 2 unspecified atom stereocenters. The van der Waals surface area contributed by atoms with Crippen molar-refractivity contribution >= 4 is 0 Å². The maximum atomic E-state index is 13.1. The van der Waals surface area contributed by atoms with Gasteiger partial charge in [0, 0.05) is 30.7 Å². The summed E-state index contributed by atoms with van der Waals surface area (Å²) < 4.78 is 24.3. The van der Waals surface area contributed by atoms with Crippen molar-refractivity contribution < 1.29 is 13.9 Å². The molecular weight excluding hydrogens is 233 g/mol. The predicted octanol–water partition coefficient (Wildman–Crippen LogP) is 1.90. The van der Waals surface area contributed by atoms with Gasteiger partial charge in [-0.3, -0.25) is 0 Å². The van der Waals surface area contributed by atoms with Crippen LogP contribution in [-0.4, -0.2) is 31.4 Å². The van der Waals surface area contributed by atoms with Gasteiger partial charge in [0.1, 0.15) is 17.7 Å². The maximum absolute atomic E-state index is 13.1. The third-order valence-corrected chi connectivity index (χ3v) is 3.74. The van der Waals surface area contributed by atoms with Crippen LogP contribution in [0.25, 0.3) is 0 Å². The molecule has 1 fully saturated rings. The molecule has 0 amide bonds. The van der Waals surface area contributed by atoms with Crippen molar-refractivity contribution in [3.8, 4) is 5.75 Å². The summed E-state index contributed by atoms with van der Waals surface area (Å²) in [7, 11) is 0. The van der Waals surface area contributed by atoms with E-state index in [0.717, 1.165) is 43.9 Å². The number of hydrogen-bond donors (Lipinski definition) is 1. The van der Waals surface area contributed by atoms with Crippen molar-refractivity contribution in [3.63, 3.8) is 0 Å². The molecule has 0 spiro atoms. The second-order valence-electron chi connectivity index (χ2n) is 5.44. The lowest BCUT2D eigenvalue weighted by molar-refractivity contribution is 0.160. The van der Waals surface area contributed by atoms with Crippen LogP contribution < -0.4 is 10.1 Å². The highest BCUT2D eigenvalue weighted by Crippen LogP contribution is 2.29. The molecule has 2 aliphatic heterocycles. The van der Waals surface area contributed by atoms with Crippen LogP contribution in [-0.2, 0) is 11.2 Å². The molecule has 2 heterocycles. The summed E-state index contributed by atoms with van der Waals surface area (Å²) in [6, 6.07) is 4.72. The van der Waals surface area contributed by atoms with Gasteiger partial charge in [0.2, 0.25) is 0 Å². The largest absolute Gasteiger partial charge is 0.488 e. The van der Waals surface area contributed by atoms with Crippen molar-refractivity contribution in [2.45, 2.75) is 31.4 Å². The van der Waals surface area contributed by atoms with Crippen LogP contribution in [0.5, 0.6) is 5.75 Å². The SMILES string of the molecule is CC1(NCC2Cc3cc(F)ccc3O2)CCOC1. The Morgan fingerprint density at radius 1 is 1.50 bits per heavy atom. The van der Waals surface area contributed by atoms with Crippen LogP contribution >= 0.6 is 0 Å². The van der Waals surface area contributed by atoms with Crippen LogP contribution in [0.2, 0.25) is 0 Å². The van der Waals surface area contributed by atoms with Gasteiger partial charge in [-0.2, -0.15) is 0 Å². The molecule has 18 heavy (non-hydrogen) atoms. The number of nitrogens with one attached hydrogen (secondary N) is 1. The Bertz CT molecular complexity index is 443. The van der Waals surface area contributed by atoms with E-state index >= 15 is 0 Å². The van der Waals surface area contributed by atoms with Crippen LogP contribution in [0.4, 0.5) is 4.39 Å². The van der Waals surface area contributed by atoms with Gasteiger partial charge >= 0.3 is 0 Å². The average Bonchev–Trinajstić information content (AvgIpc) is 2.93. The molecule has 0 aliphatic carbocycles. The molecule has 1 N–H and O–H groups in total. The summed E-state index contributed by atoms with van der Waals surface area (Å²) in [6.07, 6.45) is 1.90. The number of ether oxygens (including phenoxy) is 2. The standard InChI is InChI=1S/C14H18FNO2/c1-14(4-5-17-9-14)16-8-12-7-10-6-11(15)2-3-13(10)18-12/h2-3,6,12,16H,4-5,7-9H2,1H3. The Balaban J connectivity index is 1.58. The van der Waals surface area contributed by atoms with Crippen molar-refractivity contribution in [2.24, 2.45) is 0 Å². The van der Waals surface area contributed by atoms with Crippen molar-refractivity contribution in [1.82, 2.24) is 5.32 Å². The molecule has 0 aromatic heterocycles. The minimum Gasteiger partial charge on any atom is -0.488 e. The number of hydrogen-bond acceptors (Lipinski definition) is 3. The highest BCUT2D eigenvalue weighted by molar-refractivity contribution is 5.37. The molecule has 0 bridgehead atoms. The van der Waals surface area contributed by atoms with E-state index in [9.17, 15) is 4.39 Å². The highest BCUT2D eigenvalue weighted by atomic mass is 19.1. The lowest BCUT2D eigenvalue weighted by Crippen LogP contribution is -2.47. The van der Waals surface area contributed by atoms with E-state index in [-0.39, 0.29) is 17.5 Å². The highest BCUT2D eigenvalue weighted by Gasteiger charge is 2.31. The quantitative estimate of drug-likeness (QED) is 0.890. The molecule has 1 aromatic rings. The third-order valence-electron chi connectivity index (χ3n) is 3.74. The molecule has 0 radical (unpaired) electrons. The molecule has 0 saturated carbocycles. The summed E-state index contributed by atoms with van der Waals surface area (Å²) in [5.41, 5.74) is 1.03. The Labute approximate surface area is 106 Å². The van der Waals surface area contributed by atoms with Gasteiger partial charge in [0.25, 0.3) is 0 Å². The zero-order valence-electron chi connectivity index (χ0n) is 10.5. The van der Waals surface area contributed by atoms with Crippen molar-refractivity contribution in [3.05, 3.63) is 29.6 Å². The summed E-state index contributed by atoms with van der Waals surface area (Å²) in [5.74, 6) is 0.623. The smallest absolute Gasteiger partial charge is 0.123 e. The molecule has 4 heteroatoms. The molecule has 2 aliphatic rings. The molecule has 3 rings (SSSR count). The van der Waals surface area contributed by atoms with Gasteiger partial charge in [-0.1, -0.05) is 0 Å². The van der Waals surface area contributed by atoms with E-state index in [1.807, 2.05) is 0 Å². The summed E-state index contributed by atoms with van der Waals surface area (Å²) in [4.78, 5) is 0. The normalized spacial score (nSPS) is 30.2. The van der Waals surface area contributed by atoms with E-state index in [4.69, 9.17) is 9.47 Å². The minimum absolute atomic E-state index is 0.0589. The minimum atomic E-state index is -0.192. The Hall–Kier alpha value is -1.13. The van der Waals surface area contributed by atoms with E-state index in [2.05, 4.69) is 12.2 Å². The van der Waals surface area contributed by atoms with Gasteiger partial charge in [-0.05, 0) is 31.5 Å². The number of halogens is 1.